The zero-order valence-corrected chi connectivity index (χ0v) is 30.9. The molecule has 2 heteroatoms. The smallest absolute Gasteiger partial charge is 0.230 e. The Morgan fingerprint density at radius 3 is 2.27 bits per heavy atom. The maximum absolute atomic E-state index is 4.11. The summed E-state index contributed by atoms with van der Waals surface area (Å²) in [5.41, 5.74) is 18.9. The molecule has 0 saturated carbocycles. The molecule has 1 unspecified atom stereocenters. The molecule has 2 nitrogen and oxygen atoms in total. The van der Waals surface area contributed by atoms with E-state index in [4.69, 9.17) is 0 Å². The van der Waals surface area contributed by atoms with Gasteiger partial charge in [0.05, 0.1) is 5.56 Å². The summed E-state index contributed by atoms with van der Waals surface area (Å²) >= 11 is 0. The summed E-state index contributed by atoms with van der Waals surface area (Å²) in [7, 11) is 0. The quantitative estimate of drug-likeness (QED) is 0.194. The van der Waals surface area contributed by atoms with Crippen molar-refractivity contribution in [3.63, 3.8) is 0 Å². The second-order valence-electron chi connectivity index (χ2n) is 17.7. The zero-order chi connectivity index (χ0) is 34.4. The van der Waals surface area contributed by atoms with Gasteiger partial charge < -0.3 is 5.32 Å². The first-order valence-corrected chi connectivity index (χ1v) is 18.4. The Bertz CT molecular complexity index is 2350. The average molecular weight is 642 g/mol. The van der Waals surface area contributed by atoms with E-state index in [1.807, 2.05) is 0 Å². The molecule has 0 saturated heterocycles. The van der Waals surface area contributed by atoms with Gasteiger partial charge in [-0.2, -0.15) is 4.57 Å². The number of aromatic nitrogens is 1. The molecule has 0 amide bonds. The van der Waals surface area contributed by atoms with Gasteiger partial charge in [0.15, 0.2) is 11.6 Å². The van der Waals surface area contributed by atoms with Crippen molar-refractivity contribution >= 4 is 22.2 Å². The van der Waals surface area contributed by atoms with E-state index in [0.717, 1.165) is 6.42 Å². The summed E-state index contributed by atoms with van der Waals surface area (Å²) in [4.78, 5) is 0. The van der Waals surface area contributed by atoms with E-state index in [0.29, 0.717) is 5.92 Å². The fraction of sp³-hybridized carbons (Fsp3) is 0.340. The second-order valence-corrected chi connectivity index (χ2v) is 17.7. The minimum atomic E-state index is -0.315. The van der Waals surface area contributed by atoms with Crippen LogP contribution in [-0.4, -0.2) is 0 Å². The van der Waals surface area contributed by atoms with Crippen molar-refractivity contribution in [3.8, 4) is 22.4 Å². The molecule has 0 fully saturated rings. The maximum atomic E-state index is 4.11. The highest BCUT2D eigenvalue weighted by atomic mass is 15.1. The van der Waals surface area contributed by atoms with Gasteiger partial charge in [0.25, 0.3) is 0 Å². The number of benzene rings is 4. The summed E-state index contributed by atoms with van der Waals surface area (Å²) < 4.78 is 2.52. The molecular formula is C47H49N2+. The first-order valence-electron chi connectivity index (χ1n) is 18.4. The van der Waals surface area contributed by atoms with E-state index in [-0.39, 0.29) is 21.7 Å². The van der Waals surface area contributed by atoms with E-state index >= 15 is 0 Å². The molecule has 4 aromatic carbocycles. The van der Waals surface area contributed by atoms with E-state index in [1.54, 1.807) is 0 Å². The van der Waals surface area contributed by atoms with Crippen molar-refractivity contribution in [2.24, 2.45) is 5.41 Å². The van der Waals surface area contributed by atoms with Crippen LogP contribution in [0.2, 0.25) is 0 Å². The second kappa shape index (κ2) is 9.63. The summed E-state index contributed by atoms with van der Waals surface area (Å²) in [5.74, 6) is 0.450. The predicted molar refractivity (Wildman–Crippen MR) is 206 cm³/mol. The number of fused-ring (bicyclic) bond motifs is 10. The van der Waals surface area contributed by atoms with Crippen LogP contribution in [0, 0.1) is 5.41 Å². The molecule has 49 heavy (non-hydrogen) atoms. The van der Waals surface area contributed by atoms with Crippen LogP contribution in [-0.2, 0) is 16.2 Å². The Morgan fingerprint density at radius 1 is 0.776 bits per heavy atom. The Labute approximate surface area is 292 Å². The SMILES string of the molecule is CCC(C)(C)/C=C1\NC2=C3[n+]4ccc(C(C)C)cc4-c4cc5c(cc4C23c2ccc(C(C)(C)C)cc21)-c1ccc2ccccc2c1C5(C)C. The van der Waals surface area contributed by atoms with Gasteiger partial charge >= 0.3 is 0 Å². The lowest BCUT2D eigenvalue weighted by Crippen LogP contribution is -2.42. The minimum absolute atomic E-state index is 0.0517. The van der Waals surface area contributed by atoms with Gasteiger partial charge in [-0.05, 0) is 96.6 Å². The molecule has 1 N–H and O–H groups in total. The highest BCUT2D eigenvalue weighted by Crippen LogP contribution is 2.67. The molecule has 2 aliphatic carbocycles. The molecule has 2 aliphatic heterocycles. The topological polar surface area (TPSA) is 15.9 Å². The van der Waals surface area contributed by atoms with Gasteiger partial charge in [-0.1, -0.05) is 124 Å². The van der Waals surface area contributed by atoms with E-state index < -0.39 is 0 Å². The lowest BCUT2D eigenvalue weighted by molar-refractivity contribution is -0.569. The van der Waals surface area contributed by atoms with Crippen LogP contribution in [0.1, 0.15) is 121 Å². The van der Waals surface area contributed by atoms with Gasteiger partial charge in [-0.15, -0.1) is 0 Å². The molecule has 1 spiro atoms. The fourth-order valence-electron chi connectivity index (χ4n) is 9.20. The molecule has 1 aromatic heterocycles. The van der Waals surface area contributed by atoms with E-state index in [1.165, 1.54) is 89.2 Å². The van der Waals surface area contributed by atoms with Crippen molar-refractivity contribution < 1.29 is 4.57 Å². The Morgan fingerprint density at radius 2 is 1.53 bits per heavy atom. The summed E-state index contributed by atoms with van der Waals surface area (Å²) in [6, 6.07) is 31.0. The van der Waals surface area contributed by atoms with E-state index in [2.05, 4.69) is 170 Å². The number of allylic oxidation sites excluding steroid dienone is 3. The highest BCUT2D eigenvalue weighted by Gasteiger charge is 2.70. The van der Waals surface area contributed by atoms with Gasteiger partial charge in [0, 0.05) is 28.8 Å². The minimum Gasteiger partial charge on any atom is -0.352 e. The van der Waals surface area contributed by atoms with E-state index in [9.17, 15) is 0 Å². The normalized spacial score (nSPS) is 20.3. The van der Waals surface area contributed by atoms with Crippen molar-refractivity contribution in [1.29, 1.82) is 0 Å². The van der Waals surface area contributed by atoms with Crippen molar-refractivity contribution in [3.05, 3.63) is 136 Å². The monoisotopic (exact) mass is 641 g/mol. The zero-order valence-electron chi connectivity index (χ0n) is 30.9. The Kier molecular flexibility index (Phi) is 6.01. The first-order chi connectivity index (χ1) is 23.2. The lowest BCUT2D eigenvalue weighted by Gasteiger charge is -2.34. The molecule has 4 aliphatic rings. The van der Waals surface area contributed by atoms with Crippen LogP contribution in [0.25, 0.3) is 44.6 Å². The molecule has 1 atom stereocenters. The van der Waals surface area contributed by atoms with Crippen LogP contribution in [0.4, 0.5) is 0 Å². The number of rotatable bonds is 3. The Balaban J connectivity index is 1.38. The molecule has 9 rings (SSSR count). The number of pyridine rings is 1. The molecular weight excluding hydrogens is 593 g/mol. The molecule has 0 bridgehead atoms. The molecule has 0 radical (unpaired) electrons. The van der Waals surface area contributed by atoms with Gasteiger partial charge in [0.2, 0.25) is 11.4 Å². The number of nitrogens with zero attached hydrogens (tertiary/aromatic N) is 1. The third-order valence-electron chi connectivity index (χ3n) is 12.4. The van der Waals surface area contributed by atoms with Crippen molar-refractivity contribution in [2.75, 3.05) is 0 Å². The number of hydrogen-bond donors (Lipinski definition) is 1. The lowest BCUT2D eigenvalue weighted by atomic mass is 9.71. The summed E-state index contributed by atoms with van der Waals surface area (Å²) in [6.07, 6.45) is 5.92. The van der Waals surface area contributed by atoms with Crippen LogP contribution >= 0.6 is 0 Å². The van der Waals surface area contributed by atoms with Crippen LogP contribution in [0.5, 0.6) is 0 Å². The summed E-state index contributed by atoms with van der Waals surface area (Å²) in [5, 5.41) is 6.80. The average Bonchev–Trinajstić information content (AvgIpc) is 3.70. The standard InChI is InChI=1S/C47H49N2/c1-11-45(7,8)26-39-34-23-30(44(4,5)6)17-19-36(34)47-38-24-33-32-18-16-28-14-12-13-15-31(28)41(32)46(9,10)37(33)25-35(38)40-22-29(27(2)3)20-21-49(40)43(47)42(47)48-39/h12-27,48H,11H2,1-10H3/q+1/b39-26-. The third-order valence-corrected chi connectivity index (χ3v) is 12.4. The molecule has 246 valence electrons. The first kappa shape index (κ1) is 30.6. The number of nitrogens with one attached hydrogen (secondary N) is 1. The summed E-state index contributed by atoms with van der Waals surface area (Å²) in [6.45, 7) is 23.5. The number of hydrogen-bond acceptors (Lipinski definition) is 1. The van der Waals surface area contributed by atoms with Gasteiger partial charge in [0.1, 0.15) is 5.70 Å². The maximum Gasteiger partial charge on any atom is 0.230 e. The van der Waals surface area contributed by atoms with Crippen LogP contribution < -0.4 is 9.88 Å². The van der Waals surface area contributed by atoms with Gasteiger partial charge in [-0.3, -0.25) is 0 Å². The highest BCUT2D eigenvalue weighted by molar-refractivity contribution is 6.03. The van der Waals surface area contributed by atoms with Crippen molar-refractivity contribution in [1.82, 2.24) is 5.32 Å². The van der Waals surface area contributed by atoms with Crippen LogP contribution in [0.3, 0.4) is 0 Å². The predicted octanol–water partition coefficient (Wildman–Crippen LogP) is 11.4. The Hall–Kier alpha value is -4.43. The largest absolute Gasteiger partial charge is 0.352 e. The van der Waals surface area contributed by atoms with Crippen molar-refractivity contribution in [2.45, 2.75) is 97.8 Å². The fourth-order valence-corrected chi connectivity index (χ4v) is 9.20. The molecule has 3 heterocycles. The molecule has 5 aromatic rings. The third kappa shape index (κ3) is 3.98. The van der Waals surface area contributed by atoms with Gasteiger partial charge in [-0.25, -0.2) is 0 Å². The van der Waals surface area contributed by atoms with Crippen LogP contribution in [0.15, 0.2) is 96.8 Å².